The molecule has 0 aliphatic heterocycles. The second kappa shape index (κ2) is 9.00. The predicted molar refractivity (Wildman–Crippen MR) is 111 cm³/mol. The van der Waals surface area contributed by atoms with Gasteiger partial charge >= 0.3 is 0 Å². The van der Waals surface area contributed by atoms with E-state index in [4.69, 9.17) is 11.6 Å². The fourth-order valence-electron chi connectivity index (χ4n) is 3.03. The van der Waals surface area contributed by atoms with Gasteiger partial charge in [0.05, 0.1) is 11.1 Å². The van der Waals surface area contributed by atoms with Crippen LogP contribution in [0.3, 0.4) is 0 Å². The fourth-order valence-corrected chi connectivity index (χ4v) is 3.29. The lowest BCUT2D eigenvalue weighted by Gasteiger charge is -2.22. The molecule has 9 heteroatoms. The Hall–Kier alpha value is -2.32. The van der Waals surface area contributed by atoms with Crippen LogP contribution in [-0.2, 0) is 6.42 Å². The van der Waals surface area contributed by atoms with E-state index in [-0.39, 0.29) is 34.0 Å². The maximum absolute atomic E-state index is 15.1. The zero-order valence-electron chi connectivity index (χ0n) is 16.9. The van der Waals surface area contributed by atoms with E-state index in [0.717, 1.165) is 13.0 Å². The molecule has 0 fully saturated rings. The summed E-state index contributed by atoms with van der Waals surface area (Å²) in [6.45, 7) is 6.83. The summed E-state index contributed by atoms with van der Waals surface area (Å²) in [6.07, 6.45) is 2.67. The van der Waals surface area contributed by atoms with E-state index in [2.05, 4.69) is 25.7 Å². The molecule has 0 aliphatic rings. The lowest BCUT2D eigenvalue weighted by Crippen LogP contribution is -2.24. The van der Waals surface area contributed by atoms with Crippen LogP contribution in [0.15, 0.2) is 18.5 Å². The Morgan fingerprint density at radius 2 is 1.83 bits per heavy atom. The normalized spacial score (nSPS) is 12.7. The van der Waals surface area contributed by atoms with Crippen LogP contribution in [-0.4, -0.2) is 39.2 Å². The molecule has 0 aliphatic carbocycles. The highest BCUT2D eigenvalue weighted by atomic mass is 35.5. The first-order chi connectivity index (χ1) is 13.8. The molecule has 3 aromatic rings. The van der Waals surface area contributed by atoms with Gasteiger partial charge in [0, 0.05) is 6.04 Å². The summed E-state index contributed by atoms with van der Waals surface area (Å²) in [5, 5.41) is 10.4. The number of nitrogens with zero attached hydrogens (tertiary/aromatic N) is 4. The van der Waals surface area contributed by atoms with Gasteiger partial charge < -0.3 is 10.6 Å². The van der Waals surface area contributed by atoms with Gasteiger partial charge in [-0.1, -0.05) is 25.4 Å². The van der Waals surface area contributed by atoms with Crippen molar-refractivity contribution in [2.45, 2.75) is 39.7 Å². The van der Waals surface area contributed by atoms with Gasteiger partial charge in [-0.15, -0.1) is 0 Å². The van der Waals surface area contributed by atoms with Crippen LogP contribution in [0.2, 0.25) is 5.15 Å². The number of anilines is 1. The van der Waals surface area contributed by atoms with Crippen LogP contribution in [0.4, 0.5) is 14.6 Å². The summed E-state index contributed by atoms with van der Waals surface area (Å²) in [5.74, 6) is -0.500. The van der Waals surface area contributed by atoms with Crippen LogP contribution in [0, 0.1) is 17.6 Å². The zero-order chi connectivity index (χ0) is 21.1. The number of fused-ring (bicyclic) bond motifs is 1. The van der Waals surface area contributed by atoms with Crippen molar-refractivity contribution in [3.05, 3.63) is 40.8 Å². The molecule has 0 saturated carbocycles. The molecule has 3 rings (SSSR count). The average molecular weight is 423 g/mol. The van der Waals surface area contributed by atoms with Crippen molar-refractivity contribution in [3.63, 3.8) is 0 Å². The minimum Gasteiger partial charge on any atom is -0.367 e. The maximum atomic E-state index is 15.1. The number of aryl methyl sites for hydroxylation is 1. The van der Waals surface area contributed by atoms with Gasteiger partial charge in [-0.05, 0) is 57.0 Å². The summed E-state index contributed by atoms with van der Waals surface area (Å²) < 4.78 is 31.6. The van der Waals surface area contributed by atoms with Gasteiger partial charge in [0.25, 0.3) is 5.78 Å². The SMILES string of the molecule is CNCCCc1cc(F)c(-c2c(Cl)nc3ncnn3c2N[C@H](C)C(C)C)c(F)c1. The first kappa shape index (κ1) is 21.4. The minimum absolute atomic E-state index is 0.00782. The first-order valence-corrected chi connectivity index (χ1v) is 10.00. The monoisotopic (exact) mass is 422 g/mol. The average Bonchev–Trinajstić information content (AvgIpc) is 3.11. The Balaban J connectivity index is 2.15. The smallest absolute Gasteiger partial charge is 0.255 e. The standard InChI is InChI=1S/C20H25ClF2N6/c1-11(2)12(3)27-19-17(18(21)28-20-25-10-26-29(19)20)16-14(22)8-13(9-15(16)23)6-5-7-24-4/h8-12,24,27H,5-7H2,1-4H3/t12-/m1/s1. The quantitative estimate of drug-likeness (QED) is 0.417. The Kier molecular flexibility index (Phi) is 6.64. The number of rotatable bonds is 8. The van der Waals surface area contributed by atoms with Crippen molar-refractivity contribution in [2.24, 2.45) is 5.92 Å². The fraction of sp³-hybridized carbons (Fsp3) is 0.450. The molecule has 2 aromatic heterocycles. The molecule has 1 atom stereocenters. The van der Waals surface area contributed by atoms with Crippen molar-refractivity contribution in [1.29, 1.82) is 0 Å². The van der Waals surface area contributed by atoms with Crippen molar-refractivity contribution < 1.29 is 8.78 Å². The van der Waals surface area contributed by atoms with E-state index in [1.54, 1.807) is 0 Å². The van der Waals surface area contributed by atoms with Crippen molar-refractivity contribution in [1.82, 2.24) is 24.9 Å². The van der Waals surface area contributed by atoms with Gasteiger partial charge in [0.1, 0.15) is 28.9 Å². The molecule has 2 heterocycles. The van der Waals surface area contributed by atoms with E-state index in [1.807, 2.05) is 27.8 Å². The molecular formula is C20H25ClF2N6. The summed E-state index contributed by atoms with van der Waals surface area (Å²) >= 11 is 6.38. The Morgan fingerprint density at radius 3 is 2.45 bits per heavy atom. The van der Waals surface area contributed by atoms with E-state index >= 15 is 8.78 Å². The number of aromatic nitrogens is 4. The number of hydrogen-bond acceptors (Lipinski definition) is 5. The topological polar surface area (TPSA) is 67.1 Å². The van der Waals surface area contributed by atoms with E-state index in [1.165, 1.54) is 23.0 Å². The third kappa shape index (κ3) is 4.48. The molecule has 156 valence electrons. The van der Waals surface area contributed by atoms with Crippen molar-refractivity contribution >= 4 is 23.2 Å². The molecule has 0 spiro atoms. The zero-order valence-corrected chi connectivity index (χ0v) is 17.7. The largest absolute Gasteiger partial charge is 0.367 e. The molecule has 0 radical (unpaired) electrons. The van der Waals surface area contributed by atoms with Crippen LogP contribution < -0.4 is 10.6 Å². The van der Waals surface area contributed by atoms with Crippen LogP contribution in [0.1, 0.15) is 32.8 Å². The third-order valence-corrected chi connectivity index (χ3v) is 5.26. The highest BCUT2D eigenvalue weighted by Crippen LogP contribution is 2.38. The van der Waals surface area contributed by atoms with Gasteiger partial charge in [0.15, 0.2) is 0 Å². The van der Waals surface area contributed by atoms with Crippen LogP contribution >= 0.6 is 11.6 Å². The third-order valence-electron chi connectivity index (χ3n) is 4.99. The predicted octanol–water partition coefficient (Wildman–Crippen LogP) is 4.33. The lowest BCUT2D eigenvalue weighted by molar-refractivity contribution is 0.556. The first-order valence-electron chi connectivity index (χ1n) is 9.62. The van der Waals surface area contributed by atoms with Gasteiger partial charge in [-0.25, -0.2) is 8.78 Å². The molecule has 1 aromatic carbocycles. The molecule has 29 heavy (non-hydrogen) atoms. The van der Waals surface area contributed by atoms with Gasteiger partial charge in [-0.2, -0.15) is 19.6 Å². The molecule has 2 N–H and O–H groups in total. The Morgan fingerprint density at radius 1 is 1.14 bits per heavy atom. The summed E-state index contributed by atoms with van der Waals surface area (Å²) in [6, 6.07) is 2.70. The Bertz CT molecular complexity index is 981. The van der Waals surface area contributed by atoms with Crippen LogP contribution in [0.5, 0.6) is 0 Å². The highest BCUT2D eigenvalue weighted by molar-refractivity contribution is 6.33. The van der Waals surface area contributed by atoms with Crippen molar-refractivity contribution in [3.8, 4) is 11.1 Å². The molecule has 0 unspecified atom stereocenters. The summed E-state index contributed by atoms with van der Waals surface area (Å²) in [5.41, 5.74) is 0.500. The van der Waals surface area contributed by atoms with Crippen LogP contribution in [0.25, 0.3) is 16.9 Å². The number of benzene rings is 1. The second-order valence-electron chi connectivity index (χ2n) is 7.42. The number of halogens is 3. The van der Waals surface area contributed by atoms with E-state index in [0.29, 0.717) is 17.8 Å². The molecular weight excluding hydrogens is 398 g/mol. The lowest BCUT2D eigenvalue weighted by atomic mass is 10.0. The maximum Gasteiger partial charge on any atom is 0.255 e. The van der Waals surface area contributed by atoms with E-state index < -0.39 is 11.6 Å². The number of hydrogen-bond donors (Lipinski definition) is 2. The second-order valence-corrected chi connectivity index (χ2v) is 7.77. The van der Waals surface area contributed by atoms with Gasteiger partial charge in [-0.3, -0.25) is 0 Å². The molecule has 0 amide bonds. The summed E-state index contributed by atoms with van der Waals surface area (Å²) in [7, 11) is 1.84. The highest BCUT2D eigenvalue weighted by Gasteiger charge is 2.25. The number of nitrogens with one attached hydrogen (secondary N) is 2. The summed E-state index contributed by atoms with van der Waals surface area (Å²) in [4.78, 5) is 8.21. The molecule has 0 bridgehead atoms. The molecule has 0 saturated heterocycles. The van der Waals surface area contributed by atoms with Gasteiger partial charge in [0.2, 0.25) is 0 Å². The Labute approximate surface area is 173 Å². The molecule has 6 nitrogen and oxygen atoms in total. The van der Waals surface area contributed by atoms with Crippen molar-refractivity contribution in [2.75, 3.05) is 18.9 Å². The minimum atomic E-state index is -0.687. The van der Waals surface area contributed by atoms with E-state index in [9.17, 15) is 0 Å².